The maximum atomic E-state index is 10.9. The van der Waals surface area contributed by atoms with Crippen LogP contribution in [0.3, 0.4) is 0 Å². The quantitative estimate of drug-likeness (QED) is 0.104. The normalized spacial score (nSPS) is 11.3. The van der Waals surface area contributed by atoms with Gasteiger partial charge in [0.15, 0.2) is 13.8 Å². The summed E-state index contributed by atoms with van der Waals surface area (Å²) in [5, 5.41) is 18.1. The molecule has 8 rings (SSSR count). The molecule has 0 fully saturated rings. The molecule has 0 atom stereocenters. The molecule has 0 bridgehead atoms. The number of nitrogens with zero attached hydrogens (tertiary/aromatic N) is 3. The minimum absolute atomic E-state index is 0.520. The van der Waals surface area contributed by atoms with E-state index in [4.69, 9.17) is 6.57 Å². The predicted octanol–water partition coefficient (Wildman–Crippen LogP) is 8.25. The third-order valence-electron chi connectivity index (χ3n) is 9.44. The molecule has 0 N–H and O–H groups in total. The first-order valence-corrected chi connectivity index (χ1v) is 18.0. The SMILES string of the molecule is [C-]#[N+]c1ccc([Si](c2ccccc2)(c2ccccc2)c2ccccc2)cc1-c1cccc(-n2c3ccccc3c3ccccc32)c1C#N. The molecule has 1 aromatic heterocycles. The first-order chi connectivity index (χ1) is 23.8. The van der Waals surface area contributed by atoms with E-state index in [1.54, 1.807) is 0 Å². The number of nitriles is 1. The molecule has 0 spiro atoms. The second kappa shape index (κ2) is 12.0. The minimum atomic E-state index is -2.86. The molecule has 0 saturated carbocycles. The van der Waals surface area contributed by atoms with Crippen LogP contribution in [-0.4, -0.2) is 12.6 Å². The zero-order chi connectivity index (χ0) is 32.5. The maximum Gasteiger partial charge on any atom is 0.194 e. The third kappa shape index (κ3) is 4.48. The van der Waals surface area contributed by atoms with Crippen LogP contribution >= 0.6 is 0 Å². The first kappa shape index (κ1) is 29.0. The van der Waals surface area contributed by atoms with Crippen LogP contribution in [-0.2, 0) is 0 Å². The summed E-state index contributed by atoms with van der Waals surface area (Å²) in [7, 11) is -2.86. The summed E-state index contributed by atoms with van der Waals surface area (Å²) in [6.07, 6.45) is 0. The van der Waals surface area contributed by atoms with Gasteiger partial charge in [0, 0.05) is 10.8 Å². The maximum absolute atomic E-state index is 10.9. The van der Waals surface area contributed by atoms with Crippen molar-refractivity contribution >= 4 is 56.3 Å². The number of rotatable bonds is 6. The topological polar surface area (TPSA) is 33.1 Å². The van der Waals surface area contributed by atoms with Gasteiger partial charge in [-0.3, -0.25) is 0 Å². The second-order valence-electron chi connectivity index (χ2n) is 11.9. The average Bonchev–Trinajstić information content (AvgIpc) is 3.50. The van der Waals surface area contributed by atoms with Crippen molar-refractivity contribution in [3.05, 3.63) is 193 Å². The Hall–Kier alpha value is -6.46. The van der Waals surface area contributed by atoms with Gasteiger partial charge in [-0.05, 0) is 50.1 Å². The van der Waals surface area contributed by atoms with Crippen molar-refractivity contribution in [2.24, 2.45) is 0 Å². The number of aromatic nitrogens is 1. The van der Waals surface area contributed by atoms with E-state index in [1.165, 1.54) is 15.6 Å². The fourth-order valence-electron chi connectivity index (χ4n) is 7.40. The van der Waals surface area contributed by atoms with Gasteiger partial charge in [0.25, 0.3) is 0 Å². The van der Waals surface area contributed by atoms with Crippen LogP contribution in [0.2, 0.25) is 0 Å². The van der Waals surface area contributed by atoms with Crippen molar-refractivity contribution in [3.8, 4) is 22.9 Å². The zero-order valence-electron chi connectivity index (χ0n) is 26.1. The average molecular weight is 628 g/mol. The lowest BCUT2D eigenvalue weighted by atomic mass is 9.97. The van der Waals surface area contributed by atoms with E-state index < -0.39 is 8.07 Å². The lowest BCUT2D eigenvalue weighted by Gasteiger charge is -2.35. The highest BCUT2D eigenvalue weighted by Crippen LogP contribution is 2.38. The van der Waals surface area contributed by atoms with Gasteiger partial charge >= 0.3 is 0 Å². The Morgan fingerprint density at radius 2 is 1.00 bits per heavy atom. The van der Waals surface area contributed by atoms with Crippen LogP contribution in [0, 0.1) is 17.9 Å². The molecule has 4 heteroatoms. The highest BCUT2D eigenvalue weighted by Gasteiger charge is 2.41. The van der Waals surface area contributed by atoms with E-state index in [9.17, 15) is 5.26 Å². The van der Waals surface area contributed by atoms with Gasteiger partial charge in [0.2, 0.25) is 0 Å². The Bertz CT molecular complexity index is 2370. The third-order valence-corrected chi connectivity index (χ3v) is 14.2. The molecule has 48 heavy (non-hydrogen) atoms. The van der Waals surface area contributed by atoms with Gasteiger partial charge in [-0.2, -0.15) is 5.26 Å². The van der Waals surface area contributed by atoms with Crippen LogP contribution in [0.25, 0.3) is 43.5 Å². The summed E-state index contributed by atoms with van der Waals surface area (Å²) in [6.45, 7) is 8.24. The molecule has 0 aliphatic heterocycles. The molecule has 7 aromatic carbocycles. The van der Waals surface area contributed by atoms with Gasteiger partial charge in [-0.25, -0.2) is 4.85 Å². The predicted molar refractivity (Wildman–Crippen MR) is 201 cm³/mol. The number of hydrogen-bond acceptors (Lipinski definition) is 1. The zero-order valence-corrected chi connectivity index (χ0v) is 27.1. The van der Waals surface area contributed by atoms with E-state index in [0.717, 1.165) is 43.8 Å². The van der Waals surface area contributed by atoms with Crippen molar-refractivity contribution in [1.29, 1.82) is 5.26 Å². The van der Waals surface area contributed by atoms with E-state index >= 15 is 0 Å². The molecule has 3 nitrogen and oxygen atoms in total. The lowest BCUT2D eigenvalue weighted by molar-refractivity contribution is 1.17. The van der Waals surface area contributed by atoms with Crippen molar-refractivity contribution in [1.82, 2.24) is 4.57 Å². The van der Waals surface area contributed by atoms with E-state index in [2.05, 4.69) is 155 Å². The van der Waals surface area contributed by atoms with Crippen LogP contribution in [0.1, 0.15) is 5.56 Å². The number of para-hydroxylation sites is 2. The van der Waals surface area contributed by atoms with Crippen molar-refractivity contribution < 1.29 is 0 Å². The molecule has 0 aliphatic rings. The molecule has 0 radical (unpaired) electrons. The standard InChI is InChI=1S/C44H29N3Si/c1-46-41-29-28-35(48(32-16-5-2-6-17-32,33-18-7-3-8-19-33)34-20-9-4-10-21-34)30-39(41)36-24-15-27-44(40(36)31-45)47-42-25-13-11-22-37(42)38-23-12-14-26-43(38)47/h2-30H. The lowest BCUT2D eigenvalue weighted by Crippen LogP contribution is -2.74. The summed E-state index contributed by atoms with van der Waals surface area (Å²) in [5.74, 6) is 0. The summed E-state index contributed by atoms with van der Waals surface area (Å²) in [6, 6.07) is 63.8. The van der Waals surface area contributed by atoms with Gasteiger partial charge in [0.1, 0.15) is 6.07 Å². The summed E-state index contributed by atoms with van der Waals surface area (Å²) < 4.78 is 2.19. The van der Waals surface area contributed by atoms with Gasteiger partial charge in [0.05, 0.1) is 28.9 Å². The van der Waals surface area contributed by atoms with Crippen LogP contribution in [0.5, 0.6) is 0 Å². The van der Waals surface area contributed by atoms with Crippen molar-refractivity contribution in [2.45, 2.75) is 0 Å². The molecular formula is C44H29N3Si. The van der Waals surface area contributed by atoms with E-state index in [-0.39, 0.29) is 0 Å². The van der Waals surface area contributed by atoms with Crippen LogP contribution < -0.4 is 20.7 Å². The Balaban J connectivity index is 1.44. The smallest absolute Gasteiger partial charge is 0.194 e. The van der Waals surface area contributed by atoms with Crippen molar-refractivity contribution in [3.63, 3.8) is 0 Å². The van der Waals surface area contributed by atoms with Gasteiger partial charge in [-0.1, -0.05) is 158 Å². The Labute approximate surface area is 281 Å². The summed E-state index contributed by atoms with van der Waals surface area (Å²) >= 11 is 0. The summed E-state index contributed by atoms with van der Waals surface area (Å²) in [5.41, 5.74) is 5.45. The fraction of sp³-hybridized carbons (Fsp3) is 0. The molecule has 0 amide bonds. The monoisotopic (exact) mass is 627 g/mol. The molecule has 1 heterocycles. The first-order valence-electron chi connectivity index (χ1n) is 16.0. The molecule has 224 valence electrons. The van der Waals surface area contributed by atoms with Crippen LogP contribution in [0.4, 0.5) is 5.69 Å². The number of hydrogen-bond donors (Lipinski definition) is 0. The fourth-order valence-corrected chi connectivity index (χ4v) is 12.2. The Kier molecular flexibility index (Phi) is 7.27. The molecule has 0 saturated heterocycles. The molecule has 0 unspecified atom stereocenters. The van der Waals surface area contributed by atoms with Gasteiger partial charge < -0.3 is 4.57 Å². The van der Waals surface area contributed by atoms with Crippen molar-refractivity contribution in [2.75, 3.05) is 0 Å². The van der Waals surface area contributed by atoms with E-state index in [0.29, 0.717) is 11.3 Å². The largest absolute Gasteiger partial charge is 0.308 e. The minimum Gasteiger partial charge on any atom is -0.308 e. The second-order valence-corrected chi connectivity index (χ2v) is 15.7. The Morgan fingerprint density at radius 3 is 1.50 bits per heavy atom. The Morgan fingerprint density at radius 1 is 0.500 bits per heavy atom. The van der Waals surface area contributed by atoms with Gasteiger partial charge in [-0.15, -0.1) is 0 Å². The van der Waals surface area contributed by atoms with Crippen LogP contribution in [0.15, 0.2) is 176 Å². The molecule has 8 aromatic rings. The number of benzene rings is 7. The summed E-state index contributed by atoms with van der Waals surface area (Å²) in [4.78, 5) is 4.01. The highest BCUT2D eigenvalue weighted by molar-refractivity contribution is 7.19. The molecular weight excluding hydrogens is 599 g/mol. The highest BCUT2D eigenvalue weighted by atomic mass is 28.3. The number of fused-ring (bicyclic) bond motifs is 3. The molecule has 0 aliphatic carbocycles. The van der Waals surface area contributed by atoms with E-state index in [1.807, 2.05) is 36.4 Å².